The second-order valence-corrected chi connectivity index (χ2v) is 5.83. The van der Waals surface area contributed by atoms with Crippen molar-refractivity contribution < 1.29 is 14.2 Å². The van der Waals surface area contributed by atoms with Crippen LogP contribution in [0.3, 0.4) is 0 Å². The van der Waals surface area contributed by atoms with Gasteiger partial charge in [-0.05, 0) is 18.2 Å². The summed E-state index contributed by atoms with van der Waals surface area (Å²) in [5.41, 5.74) is 0. The molecule has 0 amide bonds. The van der Waals surface area contributed by atoms with Gasteiger partial charge in [0.15, 0.2) is 11.5 Å². The molecule has 0 saturated carbocycles. The van der Waals surface area contributed by atoms with E-state index in [2.05, 4.69) is 10.2 Å². The lowest BCUT2D eigenvalue weighted by atomic mass is 10.3. The lowest BCUT2D eigenvalue weighted by Gasteiger charge is -2.18. The van der Waals surface area contributed by atoms with E-state index in [0.29, 0.717) is 18.4 Å². The molecular formula is C12H12N2O3S2. The molecule has 5 nitrogen and oxygen atoms in total. The van der Waals surface area contributed by atoms with Crippen LogP contribution in [0, 0.1) is 0 Å². The zero-order chi connectivity index (χ0) is 13.1. The first kappa shape index (κ1) is 12.6. The van der Waals surface area contributed by atoms with E-state index in [1.54, 1.807) is 18.9 Å². The van der Waals surface area contributed by atoms with Crippen molar-refractivity contribution in [1.29, 1.82) is 0 Å². The monoisotopic (exact) mass is 296 g/mol. The number of rotatable bonds is 4. The van der Waals surface area contributed by atoms with Gasteiger partial charge in [-0.3, -0.25) is 0 Å². The topological polar surface area (TPSA) is 53.5 Å². The summed E-state index contributed by atoms with van der Waals surface area (Å²) in [6.45, 7) is 1.22. The Morgan fingerprint density at radius 2 is 2.11 bits per heavy atom. The molecule has 0 fully saturated rings. The van der Waals surface area contributed by atoms with Crippen LogP contribution in [0.25, 0.3) is 0 Å². The lowest BCUT2D eigenvalue weighted by molar-refractivity contribution is 0.171. The number of fused-ring (bicyclic) bond motifs is 1. The minimum absolute atomic E-state index is 0.595. The summed E-state index contributed by atoms with van der Waals surface area (Å²) in [5.74, 6) is 2.39. The first-order valence-electron chi connectivity index (χ1n) is 5.74. The number of aromatic nitrogens is 2. The molecule has 7 heteroatoms. The van der Waals surface area contributed by atoms with Gasteiger partial charge in [-0.15, -0.1) is 22.0 Å². The number of hydrogen-bond acceptors (Lipinski definition) is 7. The van der Waals surface area contributed by atoms with Crippen molar-refractivity contribution in [2.45, 2.75) is 10.6 Å². The van der Waals surface area contributed by atoms with Gasteiger partial charge in [0.2, 0.25) is 0 Å². The van der Waals surface area contributed by atoms with Crippen molar-refractivity contribution >= 4 is 23.1 Å². The fourth-order valence-corrected chi connectivity index (χ4v) is 3.20. The Labute approximate surface area is 118 Å². The zero-order valence-electron chi connectivity index (χ0n) is 10.3. The molecule has 3 rings (SSSR count). The molecule has 1 aromatic carbocycles. The molecular weight excluding hydrogens is 284 g/mol. The van der Waals surface area contributed by atoms with E-state index >= 15 is 0 Å². The maximum Gasteiger partial charge on any atom is 0.293 e. The molecule has 100 valence electrons. The van der Waals surface area contributed by atoms with Crippen LogP contribution in [-0.2, 0) is 5.75 Å². The molecule has 1 aliphatic heterocycles. The Morgan fingerprint density at radius 3 is 2.89 bits per heavy atom. The predicted octanol–water partition coefficient (Wildman–Crippen LogP) is 2.61. The molecule has 0 bridgehead atoms. The highest BCUT2D eigenvalue weighted by Gasteiger charge is 2.12. The molecule has 1 aliphatic rings. The number of ether oxygens (including phenoxy) is 3. The summed E-state index contributed by atoms with van der Waals surface area (Å²) in [6, 6.07) is 5.96. The normalized spacial score (nSPS) is 13.3. The number of hydrogen-bond donors (Lipinski definition) is 0. The summed E-state index contributed by atoms with van der Waals surface area (Å²) in [5, 5.41) is 9.50. The van der Waals surface area contributed by atoms with Crippen LogP contribution in [-0.4, -0.2) is 30.5 Å². The minimum Gasteiger partial charge on any atom is -0.486 e. The predicted molar refractivity (Wildman–Crippen MR) is 73.5 cm³/mol. The third-order valence-electron chi connectivity index (χ3n) is 2.50. The smallest absolute Gasteiger partial charge is 0.293 e. The second kappa shape index (κ2) is 5.66. The molecule has 0 saturated heterocycles. The average molecular weight is 296 g/mol. The summed E-state index contributed by atoms with van der Waals surface area (Å²) >= 11 is 3.15. The highest BCUT2D eigenvalue weighted by Crippen LogP contribution is 2.35. The zero-order valence-corrected chi connectivity index (χ0v) is 11.9. The first-order chi connectivity index (χ1) is 9.35. The van der Waals surface area contributed by atoms with Gasteiger partial charge in [0, 0.05) is 4.90 Å². The molecule has 0 spiro atoms. The average Bonchev–Trinajstić information content (AvgIpc) is 2.93. The highest BCUT2D eigenvalue weighted by molar-refractivity contribution is 7.98. The SMILES string of the molecule is COc1nnc(CSc2ccc3c(c2)OCCO3)s1. The van der Waals surface area contributed by atoms with Crippen molar-refractivity contribution in [3.05, 3.63) is 23.2 Å². The number of thioether (sulfide) groups is 1. The Morgan fingerprint density at radius 1 is 1.26 bits per heavy atom. The molecule has 0 radical (unpaired) electrons. The molecule has 0 unspecified atom stereocenters. The molecule has 0 aliphatic carbocycles. The Hall–Kier alpha value is -1.47. The van der Waals surface area contributed by atoms with Gasteiger partial charge in [-0.25, -0.2) is 0 Å². The molecule has 0 N–H and O–H groups in total. The molecule has 2 heterocycles. The van der Waals surface area contributed by atoms with Gasteiger partial charge < -0.3 is 14.2 Å². The van der Waals surface area contributed by atoms with E-state index < -0.39 is 0 Å². The largest absolute Gasteiger partial charge is 0.486 e. The fourth-order valence-electron chi connectivity index (χ4n) is 1.64. The van der Waals surface area contributed by atoms with Gasteiger partial charge in [0.25, 0.3) is 5.19 Å². The Bertz CT molecular complexity index is 574. The van der Waals surface area contributed by atoms with Crippen LogP contribution in [0.1, 0.15) is 5.01 Å². The third-order valence-corrected chi connectivity index (χ3v) is 4.57. The van der Waals surface area contributed by atoms with E-state index in [0.717, 1.165) is 27.2 Å². The summed E-state index contributed by atoms with van der Waals surface area (Å²) in [6.07, 6.45) is 0. The van der Waals surface area contributed by atoms with Crippen LogP contribution < -0.4 is 14.2 Å². The van der Waals surface area contributed by atoms with Crippen LogP contribution in [0.4, 0.5) is 0 Å². The van der Waals surface area contributed by atoms with E-state index in [1.807, 2.05) is 18.2 Å². The first-order valence-corrected chi connectivity index (χ1v) is 7.54. The van der Waals surface area contributed by atoms with Crippen LogP contribution in [0.2, 0.25) is 0 Å². The van der Waals surface area contributed by atoms with Crippen molar-refractivity contribution in [3.8, 4) is 16.7 Å². The number of benzene rings is 1. The van der Waals surface area contributed by atoms with E-state index in [-0.39, 0.29) is 0 Å². The quantitative estimate of drug-likeness (QED) is 0.808. The number of methoxy groups -OCH3 is 1. The molecule has 2 aromatic rings. The third kappa shape index (κ3) is 2.93. The summed E-state index contributed by atoms with van der Waals surface area (Å²) in [7, 11) is 1.60. The van der Waals surface area contributed by atoms with Crippen molar-refractivity contribution in [1.82, 2.24) is 10.2 Å². The Balaban J connectivity index is 1.66. The van der Waals surface area contributed by atoms with Gasteiger partial charge >= 0.3 is 0 Å². The lowest BCUT2D eigenvalue weighted by Crippen LogP contribution is -2.15. The van der Waals surface area contributed by atoms with E-state index in [1.165, 1.54) is 11.3 Å². The van der Waals surface area contributed by atoms with Gasteiger partial charge in [0.1, 0.15) is 18.2 Å². The van der Waals surface area contributed by atoms with Crippen molar-refractivity contribution in [2.75, 3.05) is 20.3 Å². The maximum absolute atomic E-state index is 5.55. The van der Waals surface area contributed by atoms with Crippen molar-refractivity contribution in [3.63, 3.8) is 0 Å². The fraction of sp³-hybridized carbons (Fsp3) is 0.333. The van der Waals surface area contributed by atoms with Crippen LogP contribution >= 0.6 is 23.1 Å². The molecule has 0 atom stereocenters. The van der Waals surface area contributed by atoms with Crippen LogP contribution in [0.5, 0.6) is 16.7 Å². The van der Waals surface area contributed by atoms with Crippen LogP contribution in [0.15, 0.2) is 23.1 Å². The van der Waals surface area contributed by atoms with E-state index in [4.69, 9.17) is 14.2 Å². The van der Waals surface area contributed by atoms with Gasteiger partial charge in [-0.2, -0.15) is 0 Å². The van der Waals surface area contributed by atoms with Gasteiger partial charge in [-0.1, -0.05) is 11.3 Å². The summed E-state index contributed by atoms with van der Waals surface area (Å²) < 4.78 is 16.1. The summed E-state index contributed by atoms with van der Waals surface area (Å²) in [4.78, 5) is 1.12. The van der Waals surface area contributed by atoms with Gasteiger partial charge in [0.05, 0.1) is 12.9 Å². The standard InChI is InChI=1S/C12H12N2O3S2/c1-15-12-14-13-11(19-12)7-18-8-2-3-9-10(6-8)17-5-4-16-9/h2-3,6H,4-5,7H2,1H3. The Kier molecular flexibility index (Phi) is 3.74. The van der Waals surface area contributed by atoms with E-state index in [9.17, 15) is 0 Å². The molecule has 19 heavy (non-hydrogen) atoms. The second-order valence-electron chi connectivity index (χ2n) is 3.76. The maximum atomic E-state index is 5.55. The highest BCUT2D eigenvalue weighted by atomic mass is 32.2. The number of nitrogens with zero attached hydrogens (tertiary/aromatic N) is 2. The minimum atomic E-state index is 0.595. The van der Waals surface area contributed by atoms with Crippen molar-refractivity contribution in [2.24, 2.45) is 0 Å². The molecule has 1 aromatic heterocycles.